The number of aromatic nitrogens is 1. The van der Waals surface area contributed by atoms with Crippen molar-refractivity contribution in [2.24, 2.45) is 0 Å². The van der Waals surface area contributed by atoms with E-state index in [0.717, 1.165) is 5.01 Å². The van der Waals surface area contributed by atoms with Crippen LogP contribution in [0.3, 0.4) is 0 Å². The average Bonchev–Trinajstić information content (AvgIpc) is 2.81. The minimum atomic E-state index is -0.401. The molecule has 2 atom stereocenters. The molecule has 0 saturated carbocycles. The molecule has 6 heteroatoms. The number of rotatable bonds is 3. The fourth-order valence-electron chi connectivity index (χ4n) is 2.10. The molecule has 2 rings (SSSR count). The maximum atomic E-state index is 12.3. The monoisotopic (exact) mass is 267 g/mol. The molecule has 18 heavy (non-hydrogen) atoms. The fraction of sp³-hybridized carbons (Fsp3) is 0.583. The predicted octanol–water partition coefficient (Wildman–Crippen LogP) is 1.16. The van der Waals surface area contributed by atoms with Gasteiger partial charge in [-0.1, -0.05) is 6.92 Å². The topological polar surface area (TPSA) is 62.3 Å². The Hall–Kier alpha value is -1.43. The van der Waals surface area contributed by atoms with Crippen LogP contribution in [-0.4, -0.2) is 33.8 Å². The molecule has 1 aliphatic rings. The Morgan fingerprint density at radius 2 is 2.33 bits per heavy atom. The molecule has 1 aromatic rings. The molecular weight excluding hydrogens is 250 g/mol. The quantitative estimate of drug-likeness (QED) is 0.894. The molecule has 0 bridgehead atoms. The number of carbonyl (C=O) groups excluding carboxylic acids is 2. The third-order valence-corrected chi connectivity index (χ3v) is 3.89. The van der Waals surface area contributed by atoms with Gasteiger partial charge < -0.3 is 10.2 Å². The van der Waals surface area contributed by atoms with Gasteiger partial charge in [0.25, 0.3) is 0 Å². The first-order valence-corrected chi connectivity index (χ1v) is 6.98. The number of hydrogen-bond acceptors (Lipinski definition) is 4. The molecule has 98 valence electrons. The second kappa shape index (κ2) is 5.48. The van der Waals surface area contributed by atoms with Crippen molar-refractivity contribution in [1.29, 1.82) is 0 Å². The van der Waals surface area contributed by atoms with E-state index in [0.29, 0.717) is 19.4 Å². The van der Waals surface area contributed by atoms with Crippen molar-refractivity contribution in [3.8, 4) is 0 Å². The highest BCUT2D eigenvalue weighted by Crippen LogP contribution is 2.17. The summed E-state index contributed by atoms with van der Waals surface area (Å²) in [6.07, 6.45) is 2.70. The first-order chi connectivity index (χ1) is 8.61. The van der Waals surface area contributed by atoms with Crippen LogP contribution in [-0.2, 0) is 16.1 Å². The lowest BCUT2D eigenvalue weighted by molar-refractivity contribution is -0.135. The summed E-state index contributed by atoms with van der Waals surface area (Å²) in [5, 5.41) is 5.57. The lowest BCUT2D eigenvalue weighted by atomic mass is 10.2. The van der Waals surface area contributed by atoms with E-state index in [4.69, 9.17) is 0 Å². The Bertz CT molecular complexity index is 433. The molecule has 0 radical (unpaired) electrons. The van der Waals surface area contributed by atoms with Crippen LogP contribution in [0.4, 0.5) is 0 Å². The van der Waals surface area contributed by atoms with Crippen LogP contribution in [0.1, 0.15) is 31.7 Å². The van der Waals surface area contributed by atoms with Crippen molar-refractivity contribution >= 4 is 23.2 Å². The van der Waals surface area contributed by atoms with Crippen LogP contribution in [0.25, 0.3) is 0 Å². The van der Waals surface area contributed by atoms with Crippen LogP contribution in [0.15, 0.2) is 11.6 Å². The Morgan fingerprint density at radius 3 is 2.94 bits per heavy atom. The fourth-order valence-corrected chi connectivity index (χ4v) is 2.71. The lowest BCUT2D eigenvalue weighted by Crippen LogP contribution is -2.45. The van der Waals surface area contributed by atoms with Gasteiger partial charge in [0.15, 0.2) is 0 Å². The van der Waals surface area contributed by atoms with E-state index in [1.54, 1.807) is 11.1 Å². The number of hydrogen-bond donors (Lipinski definition) is 1. The molecule has 1 N–H and O–H groups in total. The smallest absolute Gasteiger partial charge is 0.245 e. The molecule has 1 aromatic heterocycles. The van der Waals surface area contributed by atoms with Crippen LogP contribution in [0.5, 0.6) is 0 Å². The highest BCUT2D eigenvalue weighted by atomic mass is 32.1. The Balaban J connectivity index is 2.19. The second-order valence-corrected chi connectivity index (χ2v) is 5.45. The van der Waals surface area contributed by atoms with E-state index < -0.39 is 6.04 Å². The minimum absolute atomic E-state index is 0.00829. The molecular formula is C12H17N3O2S. The van der Waals surface area contributed by atoms with E-state index in [2.05, 4.69) is 10.3 Å². The normalized spacial score (nSPS) is 24.9. The zero-order valence-corrected chi connectivity index (χ0v) is 11.4. The van der Waals surface area contributed by atoms with Crippen molar-refractivity contribution in [2.45, 2.75) is 45.3 Å². The maximum absolute atomic E-state index is 12.3. The SMILES string of the molecule is CCC1NC(=O)CC(C)N(Cc2nccs2)C1=O. The molecule has 0 aliphatic carbocycles. The van der Waals surface area contributed by atoms with E-state index in [-0.39, 0.29) is 17.9 Å². The zero-order chi connectivity index (χ0) is 13.1. The van der Waals surface area contributed by atoms with E-state index >= 15 is 0 Å². The van der Waals surface area contributed by atoms with Crippen LogP contribution >= 0.6 is 11.3 Å². The largest absolute Gasteiger partial charge is 0.344 e. The molecule has 2 heterocycles. The lowest BCUT2D eigenvalue weighted by Gasteiger charge is -2.27. The summed E-state index contributed by atoms with van der Waals surface area (Å²) in [5.41, 5.74) is 0. The van der Waals surface area contributed by atoms with Crippen molar-refractivity contribution in [3.05, 3.63) is 16.6 Å². The highest BCUT2D eigenvalue weighted by molar-refractivity contribution is 7.09. The molecule has 5 nitrogen and oxygen atoms in total. The molecule has 1 aliphatic heterocycles. The van der Waals surface area contributed by atoms with Gasteiger partial charge in [-0.05, 0) is 13.3 Å². The van der Waals surface area contributed by atoms with Crippen molar-refractivity contribution in [2.75, 3.05) is 0 Å². The van der Waals surface area contributed by atoms with Crippen molar-refractivity contribution in [1.82, 2.24) is 15.2 Å². The predicted molar refractivity (Wildman–Crippen MR) is 69.0 cm³/mol. The first kappa shape index (κ1) is 13.0. The Labute approximate surface area is 110 Å². The van der Waals surface area contributed by atoms with Gasteiger partial charge >= 0.3 is 0 Å². The van der Waals surface area contributed by atoms with Crippen LogP contribution < -0.4 is 5.32 Å². The van der Waals surface area contributed by atoms with Gasteiger partial charge in [-0.15, -0.1) is 11.3 Å². The molecule has 0 spiro atoms. The van der Waals surface area contributed by atoms with Gasteiger partial charge in [0.05, 0.1) is 6.54 Å². The minimum Gasteiger partial charge on any atom is -0.344 e. The van der Waals surface area contributed by atoms with Crippen LogP contribution in [0.2, 0.25) is 0 Å². The summed E-state index contributed by atoms with van der Waals surface area (Å²) in [7, 11) is 0. The molecule has 1 saturated heterocycles. The van der Waals surface area contributed by atoms with Gasteiger partial charge in [0.2, 0.25) is 11.8 Å². The van der Waals surface area contributed by atoms with Crippen LogP contribution in [0, 0.1) is 0 Å². The third-order valence-electron chi connectivity index (χ3n) is 3.13. The summed E-state index contributed by atoms with van der Waals surface area (Å²) in [4.78, 5) is 30.0. The highest BCUT2D eigenvalue weighted by Gasteiger charge is 2.33. The van der Waals surface area contributed by atoms with Gasteiger partial charge in [-0.25, -0.2) is 4.98 Å². The molecule has 2 unspecified atom stereocenters. The number of thiazole rings is 1. The average molecular weight is 267 g/mol. The third kappa shape index (κ3) is 2.69. The number of carbonyl (C=O) groups is 2. The van der Waals surface area contributed by atoms with Crippen molar-refractivity contribution in [3.63, 3.8) is 0 Å². The summed E-state index contributed by atoms with van der Waals surface area (Å²) in [6.45, 7) is 4.30. The summed E-state index contributed by atoms with van der Waals surface area (Å²) in [5.74, 6) is -0.0598. The standard InChI is InChI=1S/C12H17N3O2S/c1-3-9-12(17)15(7-11-13-4-5-18-11)8(2)6-10(16)14-9/h4-5,8-9H,3,6-7H2,1-2H3,(H,14,16). The zero-order valence-electron chi connectivity index (χ0n) is 10.5. The van der Waals surface area contributed by atoms with E-state index in [9.17, 15) is 9.59 Å². The summed E-state index contributed by atoms with van der Waals surface area (Å²) < 4.78 is 0. The molecule has 2 amide bonds. The van der Waals surface area contributed by atoms with E-state index in [1.807, 2.05) is 19.2 Å². The Morgan fingerprint density at radius 1 is 1.56 bits per heavy atom. The summed E-state index contributed by atoms with van der Waals surface area (Å²) >= 11 is 1.53. The number of nitrogens with one attached hydrogen (secondary N) is 1. The van der Waals surface area contributed by atoms with E-state index in [1.165, 1.54) is 11.3 Å². The number of amides is 2. The molecule has 0 aromatic carbocycles. The van der Waals surface area contributed by atoms with Gasteiger partial charge in [0.1, 0.15) is 11.0 Å². The van der Waals surface area contributed by atoms with Gasteiger partial charge in [-0.3, -0.25) is 9.59 Å². The maximum Gasteiger partial charge on any atom is 0.245 e. The second-order valence-electron chi connectivity index (χ2n) is 4.47. The molecule has 1 fully saturated rings. The Kier molecular flexibility index (Phi) is 3.96. The summed E-state index contributed by atoms with van der Waals surface area (Å²) in [6, 6.07) is -0.486. The van der Waals surface area contributed by atoms with Gasteiger partial charge in [0, 0.05) is 24.0 Å². The van der Waals surface area contributed by atoms with Gasteiger partial charge in [-0.2, -0.15) is 0 Å². The number of nitrogens with zero attached hydrogens (tertiary/aromatic N) is 2. The van der Waals surface area contributed by atoms with Crippen molar-refractivity contribution < 1.29 is 9.59 Å². The first-order valence-electron chi connectivity index (χ1n) is 6.10.